The first-order valence-corrected chi connectivity index (χ1v) is 9.06. The summed E-state index contributed by atoms with van der Waals surface area (Å²) >= 11 is 0. The van der Waals surface area contributed by atoms with Crippen molar-refractivity contribution in [1.29, 1.82) is 0 Å². The first kappa shape index (κ1) is 14.7. The first-order valence-electron chi connectivity index (χ1n) is 6.90. The minimum absolute atomic E-state index is 1.30. The molecular weight excluding hydrogens is 266 g/mol. The summed E-state index contributed by atoms with van der Waals surface area (Å²) in [6.45, 7) is 0. The van der Waals surface area contributed by atoms with Gasteiger partial charge in [-0.1, -0.05) is 79.9 Å². The van der Waals surface area contributed by atoms with Crippen LogP contribution in [0.3, 0.4) is 0 Å². The summed E-state index contributed by atoms with van der Waals surface area (Å²) in [6, 6.07) is 21.5. The van der Waals surface area contributed by atoms with Crippen LogP contribution in [0.5, 0.6) is 0 Å². The summed E-state index contributed by atoms with van der Waals surface area (Å²) in [5.41, 5.74) is 0. The predicted molar refractivity (Wildman–Crippen MR) is 89.6 cm³/mol. The lowest BCUT2D eigenvalue weighted by Gasteiger charge is -2.20. The maximum absolute atomic E-state index is 2.22. The minimum Gasteiger partial charge on any atom is -0.506 e. The molecule has 0 bridgehead atoms. The van der Waals surface area contributed by atoms with Gasteiger partial charge in [0.25, 0.3) is 0 Å². The van der Waals surface area contributed by atoms with E-state index in [2.05, 4.69) is 60.7 Å². The molecule has 0 nitrogen and oxygen atoms in total. The molecule has 2 heteroatoms. The minimum atomic E-state index is 1.30. The van der Waals surface area contributed by atoms with E-state index >= 15 is 0 Å². The highest BCUT2D eigenvalue weighted by atomic mass is 31.1. The largest absolute Gasteiger partial charge is 0.506 e. The van der Waals surface area contributed by atoms with Crippen molar-refractivity contribution in [2.24, 2.45) is 0 Å². The molecule has 0 saturated carbocycles. The average molecular weight is 286 g/mol. The summed E-state index contributed by atoms with van der Waals surface area (Å²) in [6.07, 6.45) is 6.65. The van der Waals surface area contributed by atoms with Gasteiger partial charge in [0.1, 0.15) is 0 Å². The number of unbranched alkanes of at least 4 members (excludes halogenated alkanes) is 2. The zero-order valence-electron chi connectivity index (χ0n) is 11.2. The van der Waals surface area contributed by atoms with Crippen LogP contribution in [0.2, 0.25) is 0 Å². The summed E-state index contributed by atoms with van der Waals surface area (Å²) in [5.74, 6) is 0. The third kappa shape index (κ3) is 6.33. The van der Waals surface area contributed by atoms with Gasteiger partial charge in [-0.25, -0.2) is 10.6 Å². The topological polar surface area (TPSA) is 0 Å². The van der Waals surface area contributed by atoms with Crippen LogP contribution in [0.25, 0.3) is 0 Å². The molecule has 0 atom stereocenters. The normalized spacial score (nSPS) is 11.8. The summed E-state index contributed by atoms with van der Waals surface area (Å²) < 4.78 is 0. The molecule has 0 fully saturated rings. The molecule has 0 unspecified atom stereocenters. The van der Waals surface area contributed by atoms with Crippen molar-refractivity contribution in [3.05, 3.63) is 60.7 Å². The van der Waals surface area contributed by atoms with E-state index in [1.807, 2.05) is 0 Å². The Labute approximate surface area is 120 Å². The molecule has 0 radical (unpaired) electrons. The van der Waals surface area contributed by atoms with Gasteiger partial charge in [-0.15, -0.1) is 0 Å². The Balaban J connectivity index is 1.49. The van der Waals surface area contributed by atoms with E-state index in [9.17, 15) is 0 Å². The van der Waals surface area contributed by atoms with Gasteiger partial charge in [0.2, 0.25) is 0 Å². The van der Waals surface area contributed by atoms with Crippen LogP contribution in [-0.4, -0.2) is 12.3 Å². The molecular formula is C17H20P2-2. The Bertz CT molecular complexity index is 396. The van der Waals surface area contributed by atoms with E-state index in [0.29, 0.717) is 0 Å². The van der Waals surface area contributed by atoms with Crippen LogP contribution in [0, 0.1) is 0 Å². The van der Waals surface area contributed by atoms with Crippen LogP contribution in [0.4, 0.5) is 0 Å². The third-order valence-corrected chi connectivity index (χ3v) is 5.32. The molecule has 0 saturated heterocycles. The highest BCUT2D eigenvalue weighted by molar-refractivity contribution is 7.47. The SMILES string of the molecule is c1ccc([P-]CCCCC[P-]c2ccccc2)cc1. The van der Waals surface area contributed by atoms with Crippen LogP contribution < -0.4 is 10.6 Å². The van der Waals surface area contributed by atoms with Crippen molar-refractivity contribution in [3.63, 3.8) is 0 Å². The molecule has 100 valence electrons. The molecule has 2 aromatic rings. The van der Waals surface area contributed by atoms with Crippen molar-refractivity contribution in [2.75, 3.05) is 12.3 Å². The van der Waals surface area contributed by atoms with Gasteiger partial charge in [-0.05, 0) is 0 Å². The molecule has 0 aliphatic rings. The van der Waals surface area contributed by atoms with Crippen molar-refractivity contribution in [3.8, 4) is 0 Å². The van der Waals surface area contributed by atoms with Gasteiger partial charge in [-0.2, -0.15) is 12.3 Å². The van der Waals surface area contributed by atoms with Gasteiger partial charge in [0.15, 0.2) is 0 Å². The van der Waals surface area contributed by atoms with E-state index in [0.717, 1.165) is 0 Å². The van der Waals surface area contributed by atoms with Crippen molar-refractivity contribution < 1.29 is 0 Å². The Morgan fingerprint density at radius 1 is 0.526 bits per heavy atom. The van der Waals surface area contributed by atoms with E-state index < -0.39 is 0 Å². The van der Waals surface area contributed by atoms with Gasteiger partial charge < -0.3 is 17.2 Å². The van der Waals surface area contributed by atoms with Gasteiger partial charge >= 0.3 is 0 Å². The summed E-state index contributed by atoms with van der Waals surface area (Å²) in [7, 11) is 2.96. The van der Waals surface area contributed by atoms with Gasteiger partial charge in [0.05, 0.1) is 0 Å². The van der Waals surface area contributed by atoms with Crippen LogP contribution in [0.1, 0.15) is 19.3 Å². The predicted octanol–water partition coefficient (Wildman–Crippen LogP) is 4.70. The molecule has 0 heterocycles. The quantitative estimate of drug-likeness (QED) is 0.487. The average Bonchev–Trinajstić information content (AvgIpc) is 2.48. The Kier molecular flexibility index (Phi) is 7.15. The fourth-order valence-electron chi connectivity index (χ4n) is 1.88. The monoisotopic (exact) mass is 286 g/mol. The number of rotatable bonds is 8. The molecule has 0 aliphatic carbocycles. The molecule has 0 amide bonds. The summed E-state index contributed by atoms with van der Waals surface area (Å²) in [4.78, 5) is 0. The van der Waals surface area contributed by atoms with Crippen molar-refractivity contribution >= 4 is 27.8 Å². The molecule has 0 aliphatic heterocycles. The molecule has 2 rings (SSSR count). The lowest BCUT2D eigenvalue weighted by Crippen LogP contribution is -1.95. The van der Waals surface area contributed by atoms with Gasteiger partial charge in [-0.3, -0.25) is 0 Å². The number of hydrogen-bond donors (Lipinski definition) is 0. The fraction of sp³-hybridized carbons (Fsp3) is 0.294. The smallest absolute Gasteiger partial charge is 0.0578 e. The second-order valence-electron chi connectivity index (χ2n) is 4.50. The van der Waals surface area contributed by atoms with Crippen molar-refractivity contribution in [1.82, 2.24) is 0 Å². The molecule has 0 spiro atoms. The van der Waals surface area contributed by atoms with E-state index in [-0.39, 0.29) is 0 Å². The second-order valence-corrected chi connectivity index (χ2v) is 7.05. The highest BCUT2D eigenvalue weighted by Gasteiger charge is 1.82. The third-order valence-electron chi connectivity index (χ3n) is 2.92. The second kappa shape index (κ2) is 9.24. The van der Waals surface area contributed by atoms with Crippen LogP contribution >= 0.6 is 17.2 Å². The van der Waals surface area contributed by atoms with E-state index in [4.69, 9.17) is 0 Å². The standard InChI is InChI=1S/C17H20P2/c1-4-10-16(11-5-1)18-14-8-3-9-15-19-17-12-6-2-7-13-17/h1-2,4-7,10-13H,3,8-9,14-15H2/q-2. The van der Waals surface area contributed by atoms with Crippen molar-refractivity contribution in [2.45, 2.75) is 19.3 Å². The fourth-order valence-corrected chi connectivity index (χ4v) is 3.93. The maximum atomic E-state index is 2.22. The molecule has 19 heavy (non-hydrogen) atoms. The number of benzene rings is 2. The first-order chi connectivity index (χ1) is 9.45. The lowest BCUT2D eigenvalue weighted by atomic mass is 10.3. The number of hydrogen-bond acceptors (Lipinski definition) is 0. The molecule has 2 aromatic carbocycles. The maximum Gasteiger partial charge on any atom is -0.0578 e. The van der Waals surface area contributed by atoms with E-state index in [1.54, 1.807) is 0 Å². The zero-order valence-corrected chi connectivity index (χ0v) is 13.0. The zero-order chi connectivity index (χ0) is 13.2. The molecule has 0 N–H and O–H groups in total. The lowest BCUT2D eigenvalue weighted by molar-refractivity contribution is 0.784. The van der Waals surface area contributed by atoms with Crippen LogP contribution in [-0.2, 0) is 0 Å². The molecule has 0 aromatic heterocycles. The van der Waals surface area contributed by atoms with Crippen LogP contribution in [0.15, 0.2) is 60.7 Å². The highest BCUT2D eigenvalue weighted by Crippen LogP contribution is 2.16. The Morgan fingerprint density at radius 2 is 0.947 bits per heavy atom. The Hall–Kier alpha value is -0.700. The van der Waals surface area contributed by atoms with Gasteiger partial charge in [0, 0.05) is 0 Å². The van der Waals surface area contributed by atoms with E-state index in [1.165, 1.54) is 59.4 Å². The summed E-state index contributed by atoms with van der Waals surface area (Å²) in [5, 5.41) is 2.90. The Morgan fingerprint density at radius 3 is 1.37 bits per heavy atom.